The van der Waals surface area contributed by atoms with Crippen LogP contribution in [-0.2, 0) is 11.4 Å². The number of amides is 1. The summed E-state index contributed by atoms with van der Waals surface area (Å²) in [6.45, 7) is 0.329. The van der Waals surface area contributed by atoms with E-state index in [4.69, 9.17) is 39.5 Å². The van der Waals surface area contributed by atoms with E-state index >= 15 is 0 Å². The quantitative estimate of drug-likeness (QED) is 0.328. The SMILES string of the molecule is N#C/C(=C\c1ccc(OCc2ccc(Cl)c(Cl)c2)cc1)C(=O)Nc1ccccc1Cl. The van der Waals surface area contributed by atoms with Crippen LogP contribution in [0.2, 0.25) is 15.1 Å². The Morgan fingerprint density at radius 2 is 1.70 bits per heavy atom. The lowest BCUT2D eigenvalue weighted by molar-refractivity contribution is -0.112. The maximum atomic E-state index is 12.4. The van der Waals surface area contributed by atoms with Crippen molar-refractivity contribution in [2.24, 2.45) is 0 Å². The Kier molecular flexibility index (Phi) is 7.37. The second kappa shape index (κ2) is 10.2. The zero-order valence-electron chi connectivity index (χ0n) is 15.5. The summed E-state index contributed by atoms with van der Waals surface area (Å²) in [5, 5.41) is 13.3. The van der Waals surface area contributed by atoms with Crippen LogP contribution in [0.15, 0.2) is 72.3 Å². The fourth-order valence-corrected chi connectivity index (χ4v) is 3.03. The summed E-state index contributed by atoms with van der Waals surface area (Å²) in [6, 6.07) is 21.0. The molecular formula is C23H15Cl3N2O2. The van der Waals surface area contributed by atoms with Gasteiger partial charge in [-0.1, -0.05) is 65.1 Å². The monoisotopic (exact) mass is 456 g/mol. The molecule has 0 atom stereocenters. The van der Waals surface area contributed by atoms with Gasteiger partial charge in [-0.05, 0) is 53.6 Å². The molecule has 1 N–H and O–H groups in total. The van der Waals surface area contributed by atoms with Gasteiger partial charge >= 0.3 is 0 Å². The predicted octanol–water partition coefficient (Wildman–Crippen LogP) is 6.77. The number of hydrogen-bond donors (Lipinski definition) is 1. The van der Waals surface area contributed by atoms with E-state index in [9.17, 15) is 10.1 Å². The average molecular weight is 458 g/mol. The van der Waals surface area contributed by atoms with Gasteiger partial charge in [-0.15, -0.1) is 0 Å². The highest BCUT2D eigenvalue weighted by molar-refractivity contribution is 6.42. The van der Waals surface area contributed by atoms with Gasteiger partial charge in [-0.3, -0.25) is 4.79 Å². The van der Waals surface area contributed by atoms with Crippen LogP contribution in [0.4, 0.5) is 5.69 Å². The highest BCUT2D eigenvalue weighted by Gasteiger charge is 2.11. The van der Waals surface area contributed by atoms with Crippen molar-refractivity contribution in [3.05, 3.63) is 98.5 Å². The van der Waals surface area contributed by atoms with Gasteiger partial charge in [0.05, 0.1) is 20.8 Å². The second-order valence-corrected chi connectivity index (χ2v) is 7.43. The summed E-state index contributed by atoms with van der Waals surface area (Å²) >= 11 is 18.0. The van der Waals surface area contributed by atoms with Crippen LogP contribution < -0.4 is 10.1 Å². The van der Waals surface area contributed by atoms with Crippen molar-refractivity contribution >= 4 is 52.5 Å². The highest BCUT2D eigenvalue weighted by atomic mass is 35.5. The molecule has 0 spiro atoms. The minimum atomic E-state index is -0.537. The minimum absolute atomic E-state index is 0.0422. The molecule has 3 rings (SSSR count). The smallest absolute Gasteiger partial charge is 0.266 e. The fraction of sp³-hybridized carbons (Fsp3) is 0.0435. The van der Waals surface area contributed by atoms with Crippen molar-refractivity contribution in [2.45, 2.75) is 6.61 Å². The summed E-state index contributed by atoms with van der Waals surface area (Å²) in [5.41, 5.74) is 1.97. The summed E-state index contributed by atoms with van der Waals surface area (Å²) in [7, 11) is 0. The lowest BCUT2D eigenvalue weighted by Gasteiger charge is -2.08. The van der Waals surface area contributed by atoms with E-state index in [0.29, 0.717) is 38.7 Å². The maximum Gasteiger partial charge on any atom is 0.266 e. The molecule has 0 heterocycles. The molecule has 0 aromatic heterocycles. The van der Waals surface area contributed by atoms with E-state index in [1.807, 2.05) is 12.1 Å². The molecular weight excluding hydrogens is 443 g/mol. The summed E-state index contributed by atoms with van der Waals surface area (Å²) < 4.78 is 5.73. The topological polar surface area (TPSA) is 62.1 Å². The fourth-order valence-electron chi connectivity index (χ4n) is 2.52. The van der Waals surface area contributed by atoms with E-state index in [1.54, 1.807) is 60.7 Å². The Labute approximate surface area is 189 Å². The van der Waals surface area contributed by atoms with E-state index < -0.39 is 5.91 Å². The Hall–Kier alpha value is -2.97. The van der Waals surface area contributed by atoms with Crippen LogP contribution in [0.25, 0.3) is 6.08 Å². The molecule has 0 saturated carbocycles. The molecule has 0 fully saturated rings. The number of anilines is 1. The maximum absolute atomic E-state index is 12.4. The Morgan fingerprint density at radius 3 is 2.37 bits per heavy atom. The van der Waals surface area contributed by atoms with Gasteiger partial charge in [0.25, 0.3) is 5.91 Å². The van der Waals surface area contributed by atoms with Gasteiger partial charge in [-0.25, -0.2) is 0 Å². The van der Waals surface area contributed by atoms with Gasteiger partial charge in [0.15, 0.2) is 0 Å². The number of hydrogen-bond acceptors (Lipinski definition) is 3. The van der Waals surface area contributed by atoms with Crippen LogP contribution in [0.1, 0.15) is 11.1 Å². The molecule has 3 aromatic carbocycles. The number of nitriles is 1. The summed E-state index contributed by atoms with van der Waals surface area (Å²) in [6.07, 6.45) is 1.49. The van der Waals surface area contributed by atoms with Gasteiger partial charge in [0.2, 0.25) is 0 Å². The largest absolute Gasteiger partial charge is 0.489 e. The number of carbonyl (C=O) groups excluding carboxylic acids is 1. The van der Waals surface area contributed by atoms with Gasteiger partial charge in [-0.2, -0.15) is 5.26 Å². The minimum Gasteiger partial charge on any atom is -0.489 e. The average Bonchev–Trinajstić information content (AvgIpc) is 2.75. The van der Waals surface area contributed by atoms with E-state index in [2.05, 4.69) is 5.32 Å². The normalized spacial score (nSPS) is 10.9. The van der Waals surface area contributed by atoms with Crippen LogP contribution in [0, 0.1) is 11.3 Å². The standard InChI is InChI=1S/C23H15Cl3N2O2/c24-19-10-7-16(12-21(19)26)14-30-18-8-5-15(6-9-18)11-17(13-27)23(29)28-22-4-2-1-3-20(22)25/h1-12H,14H2,(H,28,29)/b17-11+. The third-order valence-corrected chi connectivity index (χ3v) is 5.14. The van der Waals surface area contributed by atoms with E-state index in [-0.39, 0.29) is 5.57 Å². The van der Waals surface area contributed by atoms with Crippen LogP contribution in [-0.4, -0.2) is 5.91 Å². The molecule has 0 aliphatic carbocycles. The van der Waals surface area contributed by atoms with Gasteiger partial charge in [0, 0.05) is 0 Å². The Morgan fingerprint density at radius 1 is 0.967 bits per heavy atom. The molecule has 7 heteroatoms. The van der Waals surface area contributed by atoms with Crippen molar-refractivity contribution in [3.63, 3.8) is 0 Å². The molecule has 1 amide bonds. The first-order chi connectivity index (χ1) is 14.5. The van der Waals surface area contributed by atoms with Gasteiger partial charge < -0.3 is 10.1 Å². The number of rotatable bonds is 6. The van der Waals surface area contributed by atoms with Crippen molar-refractivity contribution in [1.29, 1.82) is 5.26 Å². The zero-order chi connectivity index (χ0) is 21.5. The summed E-state index contributed by atoms with van der Waals surface area (Å²) in [5.74, 6) is 0.0998. The number of benzene rings is 3. The first kappa shape index (κ1) is 21.7. The lowest BCUT2D eigenvalue weighted by atomic mass is 10.1. The molecule has 0 aliphatic rings. The van der Waals surface area contributed by atoms with Crippen LogP contribution in [0.3, 0.4) is 0 Å². The molecule has 0 saturated heterocycles. The number of para-hydroxylation sites is 1. The lowest BCUT2D eigenvalue weighted by Crippen LogP contribution is -2.13. The first-order valence-electron chi connectivity index (χ1n) is 8.81. The molecule has 150 valence electrons. The Balaban J connectivity index is 1.66. The third kappa shape index (κ3) is 5.77. The highest BCUT2D eigenvalue weighted by Crippen LogP contribution is 2.24. The summed E-state index contributed by atoms with van der Waals surface area (Å²) in [4.78, 5) is 12.4. The van der Waals surface area contributed by atoms with Crippen LogP contribution in [0.5, 0.6) is 5.75 Å². The number of halogens is 3. The molecule has 0 unspecified atom stereocenters. The number of ether oxygens (including phenoxy) is 1. The number of nitrogens with one attached hydrogen (secondary N) is 1. The molecule has 0 bridgehead atoms. The molecule has 3 aromatic rings. The first-order valence-corrected chi connectivity index (χ1v) is 9.94. The molecule has 4 nitrogen and oxygen atoms in total. The van der Waals surface area contributed by atoms with Crippen molar-refractivity contribution in [3.8, 4) is 11.8 Å². The molecule has 30 heavy (non-hydrogen) atoms. The van der Waals surface area contributed by atoms with Crippen molar-refractivity contribution in [1.82, 2.24) is 0 Å². The Bertz CT molecular complexity index is 1140. The predicted molar refractivity (Wildman–Crippen MR) is 121 cm³/mol. The van der Waals surface area contributed by atoms with E-state index in [0.717, 1.165) is 5.56 Å². The van der Waals surface area contributed by atoms with Gasteiger partial charge in [0.1, 0.15) is 24.0 Å². The number of nitrogens with zero attached hydrogens (tertiary/aromatic N) is 1. The van der Waals surface area contributed by atoms with Crippen LogP contribution >= 0.6 is 34.8 Å². The molecule has 0 aliphatic heterocycles. The second-order valence-electron chi connectivity index (χ2n) is 6.21. The van der Waals surface area contributed by atoms with Crippen molar-refractivity contribution < 1.29 is 9.53 Å². The zero-order valence-corrected chi connectivity index (χ0v) is 17.8. The number of carbonyl (C=O) groups is 1. The van der Waals surface area contributed by atoms with E-state index in [1.165, 1.54) is 6.08 Å². The molecule has 0 radical (unpaired) electrons. The van der Waals surface area contributed by atoms with Crippen molar-refractivity contribution in [2.75, 3.05) is 5.32 Å². The third-order valence-electron chi connectivity index (χ3n) is 4.07.